The monoisotopic (exact) mass is 166 g/mol. The molecule has 0 amide bonds. The molecule has 1 heteroatoms. The molecule has 0 saturated heterocycles. The van der Waals surface area contributed by atoms with E-state index in [9.17, 15) is 4.79 Å². The molecule has 1 aliphatic carbocycles. The Morgan fingerprint density at radius 2 is 2.25 bits per heavy atom. The molecule has 0 aromatic heterocycles. The van der Waals surface area contributed by atoms with Crippen molar-refractivity contribution < 1.29 is 4.79 Å². The first-order valence-corrected chi connectivity index (χ1v) is 4.97. The topological polar surface area (TPSA) is 17.1 Å². The molecule has 0 N–H and O–H groups in total. The smallest absolute Gasteiger partial charge is 0.156 e. The summed E-state index contributed by atoms with van der Waals surface area (Å²) in [5, 5.41) is 0. The van der Waals surface area contributed by atoms with E-state index in [0.29, 0.717) is 11.7 Å². The largest absolute Gasteiger partial charge is 0.295 e. The first kappa shape index (κ1) is 9.50. The number of allylic oxidation sites excluding steroid dienone is 2. The molecule has 0 radical (unpaired) electrons. The van der Waals surface area contributed by atoms with Crippen LogP contribution in [0.5, 0.6) is 0 Å². The average molecular weight is 166 g/mol. The second-order valence-corrected chi connectivity index (χ2v) is 3.75. The van der Waals surface area contributed by atoms with E-state index < -0.39 is 0 Å². The Labute approximate surface area is 74.9 Å². The Morgan fingerprint density at radius 1 is 1.50 bits per heavy atom. The number of rotatable bonds is 4. The predicted octanol–water partition coefficient (Wildman–Crippen LogP) is 3.10. The molecule has 0 heterocycles. The number of carbonyl (C=O) groups is 1. The highest BCUT2D eigenvalue weighted by atomic mass is 16.1. The molecule has 0 saturated carbocycles. The molecule has 1 aliphatic rings. The summed E-state index contributed by atoms with van der Waals surface area (Å²) in [4.78, 5) is 11.0. The summed E-state index contributed by atoms with van der Waals surface area (Å²) in [7, 11) is 0. The molecular formula is C11H18O. The summed E-state index contributed by atoms with van der Waals surface area (Å²) >= 11 is 0. The van der Waals surface area contributed by atoms with Crippen LogP contribution in [-0.2, 0) is 4.79 Å². The van der Waals surface area contributed by atoms with E-state index in [4.69, 9.17) is 0 Å². The van der Waals surface area contributed by atoms with E-state index in [1.165, 1.54) is 24.8 Å². The summed E-state index contributed by atoms with van der Waals surface area (Å²) < 4.78 is 0. The number of ketones is 1. The van der Waals surface area contributed by atoms with Gasteiger partial charge in [-0.25, -0.2) is 0 Å². The van der Waals surface area contributed by atoms with Gasteiger partial charge < -0.3 is 0 Å². The molecule has 1 atom stereocenters. The zero-order valence-corrected chi connectivity index (χ0v) is 8.10. The van der Waals surface area contributed by atoms with Crippen molar-refractivity contribution >= 4 is 5.78 Å². The average Bonchev–Trinajstić information content (AvgIpc) is 2.31. The molecule has 0 fully saturated rings. The Bertz CT molecular complexity index is 191. The Kier molecular flexibility index (Phi) is 3.51. The maximum absolute atomic E-state index is 11.0. The van der Waals surface area contributed by atoms with E-state index in [1.54, 1.807) is 0 Å². The first-order chi connectivity index (χ1) is 5.74. The van der Waals surface area contributed by atoms with Crippen LogP contribution in [0.3, 0.4) is 0 Å². The van der Waals surface area contributed by atoms with Crippen molar-refractivity contribution in [1.82, 2.24) is 0 Å². The van der Waals surface area contributed by atoms with Crippen LogP contribution >= 0.6 is 0 Å². The number of unbranched alkanes of at least 4 members (excludes halogenated alkanes) is 2. The van der Waals surface area contributed by atoms with Gasteiger partial charge in [0.25, 0.3) is 0 Å². The maximum atomic E-state index is 11.0. The van der Waals surface area contributed by atoms with Gasteiger partial charge in [0.2, 0.25) is 0 Å². The van der Waals surface area contributed by atoms with E-state index >= 15 is 0 Å². The van der Waals surface area contributed by atoms with Crippen molar-refractivity contribution in [2.24, 2.45) is 5.92 Å². The summed E-state index contributed by atoms with van der Waals surface area (Å²) in [6, 6.07) is 0. The Balaban J connectivity index is 2.31. The third kappa shape index (κ3) is 2.47. The molecule has 68 valence electrons. The second-order valence-electron chi connectivity index (χ2n) is 3.75. The van der Waals surface area contributed by atoms with E-state index in [2.05, 4.69) is 13.8 Å². The Hall–Kier alpha value is -0.590. The number of hydrogen-bond acceptors (Lipinski definition) is 1. The zero-order chi connectivity index (χ0) is 8.97. The van der Waals surface area contributed by atoms with Crippen LogP contribution in [0.2, 0.25) is 0 Å². The molecule has 12 heavy (non-hydrogen) atoms. The molecular weight excluding hydrogens is 148 g/mol. The van der Waals surface area contributed by atoms with Gasteiger partial charge >= 0.3 is 0 Å². The molecule has 0 bridgehead atoms. The van der Waals surface area contributed by atoms with Gasteiger partial charge in [0.15, 0.2) is 5.78 Å². The lowest BCUT2D eigenvalue weighted by Gasteiger charge is -2.06. The quantitative estimate of drug-likeness (QED) is 0.586. The van der Waals surface area contributed by atoms with Gasteiger partial charge in [-0.2, -0.15) is 0 Å². The van der Waals surface area contributed by atoms with Crippen molar-refractivity contribution in [2.45, 2.75) is 46.0 Å². The Morgan fingerprint density at radius 3 is 2.75 bits per heavy atom. The molecule has 1 unspecified atom stereocenters. The normalized spacial score (nSPS) is 23.0. The highest BCUT2D eigenvalue weighted by molar-refractivity contribution is 5.93. The molecule has 1 nitrogen and oxygen atoms in total. The summed E-state index contributed by atoms with van der Waals surface area (Å²) in [5.74, 6) is 0.850. The van der Waals surface area contributed by atoms with Crippen LogP contribution in [-0.4, -0.2) is 5.78 Å². The SMILES string of the molecule is CCCCCC1=CC(=O)CC1C. The minimum absolute atomic E-state index is 0.328. The number of hydrogen-bond donors (Lipinski definition) is 0. The van der Waals surface area contributed by atoms with Gasteiger partial charge in [0, 0.05) is 6.42 Å². The van der Waals surface area contributed by atoms with Crippen LogP contribution in [0.4, 0.5) is 0 Å². The van der Waals surface area contributed by atoms with Gasteiger partial charge in [-0.15, -0.1) is 0 Å². The minimum atomic E-state index is 0.328. The third-order valence-corrected chi connectivity index (χ3v) is 2.56. The van der Waals surface area contributed by atoms with E-state index in [-0.39, 0.29) is 0 Å². The van der Waals surface area contributed by atoms with Gasteiger partial charge in [0.1, 0.15) is 0 Å². The molecule has 1 rings (SSSR count). The fraction of sp³-hybridized carbons (Fsp3) is 0.727. The third-order valence-electron chi connectivity index (χ3n) is 2.56. The molecule has 0 aliphatic heterocycles. The fourth-order valence-corrected chi connectivity index (χ4v) is 1.74. The van der Waals surface area contributed by atoms with Crippen LogP contribution in [0.15, 0.2) is 11.6 Å². The fourth-order valence-electron chi connectivity index (χ4n) is 1.74. The lowest BCUT2D eigenvalue weighted by atomic mass is 9.99. The standard InChI is InChI=1S/C11H18O/c1-3-4-5-6-10-8-11(12)7-9(10)2/h8-9H,3-7H2,1-2H3. The second kappa shape index (κ2) is 4.44. The van der Waals surface area contributed by atoms with E-state index in [0.717, 1.165) is 12.8 Å². The van der Waals surface area contributed by atoms with Crippen LogP contribution < -0.4 is 0 Å². The predicted molar refractivity (Wildman–Crippen MR) is 51.0 cm³/mol. The summed E-state index contributed by atoms with van der Waals surface area (Å²) in [5.41, 5.74) is 1.38. The van der Waals surface area contributed by atoms with Crippen LogP contribution in [0.1, 0.15) is 46.0 Å². The molecule has 0 aromatic carbocycles. The van der Waals surface area contributed by atoms with Crippen molar-refractivity contribution in [3.63, 3.8) is 0 Å². The lowest BCUT2D eigenvalue weighted by Crippen LogP contribution is -1.94. The summed E-state index contributed by atoms with van der Waals surface area (Å²) in [6.07, 6.45) is 7.55. The summed E-state index contributed by atoms with van der Waals surface area (Å²) in [6.45, 7) is 4.36. The van der Waals surface area contributed by atoms with Gasteiger partial charge in [0.05, 0.1) is 0 Å². The first-order valence-electron chi connectivity index (χ1n) is 4.97. The van der Waals surface area contributed by atoms with Crippen molar-refractivity contribution in [1.29, 1.82) is 0 Å². The highest BCUT2D eigenvalue weighted by Crippen LogP contribution is 2.26. The van der Waals surface area contributed by atoms with E-state index in [1.807, 2.05) is 6.08 Å². The highest BCUT2D eigenvalue weighted by Gasteiger charge is 2.19. The minimum Gasteiger partial charge on any atom is -0.295 e. The van der Waals surface area contributed by atoms with Crippen molar-refractivity contribution in [2.75, 3.05) is 0 Å². The maximum Gasteiger partial charge on any atom is 0.156 e. The van der Waals surface area contributed by atoms with Crippen LogP contribution in [0.25, 0.3) is 0 Å². The lowest BCUT2D eigenvalue weighted by molar-refractivity contribution is -0.114. The van der Waals surface area contributed by atoms with Gasteiger partial charge in [-0.05, 0) is 24.8 Å². The molecule has 0 aromatic rings. The van der Waals surface area contributed by atoms with Crippen molar-refractivity contribution in [3.8, 4) is 0 Å². The van der Waals surface area contributed by atoms with Gasteiger partial charge in [-0.1, -0.05) is 32.3 Å². The van der Waals surface area contributed by atoms with Crippen molar-refractivity contribution in [3.05, 3.63) is 11.6 Å². The number of carbonyl (C=O) groups excluding carboxylic acids is 1. The van der Waals surface area contributed by atoms with Crippen LogP contribution in [0, 0.1) is 5.92 Å². The zero-order valence-electron chi connectivity index (χ0n) is 8.10. The van der Waals surface area contributed by atoms with Gasteiger partial charge in [-0.3, -0.25) is 4.79 Å². The molecule has 0 spiro atoms.